The van der Waals surface area contributed by atoms with Crippen LogP contribution in [0, 0.1) is 17.3 Å². The minimum absolute atomic E-state index is 0.0397. The first-order valence-electron chi connectivity index (χ1n) is 14.6. The number of hydrogen-bond donors (Lipinski definition) is 3. The molecule has 8 heteroatoms. The molecular formula is C31H47N3O4S. The Morgan fingerprint density at radius 1 is 1.05 bits per heavy atom. The number of carbonyl (C=O) groups excluding carboxylic acids is 3. The molecule has 0 radical (unpaired) electrons. The van der Waals surface area contributed by atoms with Crippen LogP contribution in [-0.4, -0.2) is 62.5 Å². The van der Waals surface area contributed by atoms with Crippen LogP contribution in [0.1, 0.15) is 85.1 Å². The van der Waals surface area contributed by atoms with Crippen LogP contribution in [0.15, 0.2) is 30.3 Å². The number of aliphatic hydroxyl groups is 1. The summed E-state index contributed by atoms with van der Waals surface area (Å²) in [5.74, 6) is -1.10. The van der Waals surface area contributed by atoms with Gasteiger partial charge in [-0.3, -0.25) is 14.4 Å². The van der Waals surface area contributed by atoms with Gasteiger partial charge in [0.15, 0.2) is 0 Å². The maximum atomic E-state index is 14.1. The van der Waals surface area contributed by atoms with Crippen molar-refractivity contribution in [1.29, 1.82) is 0 Å². The van der Waals surface area contributed by atoms with Gasteiger partial charge in [0, 0.05) is 30.5 Å². The molecule has 0 saturated carbocycles. The Kier molecular flexibility index (Phi) is 9.06. The van der Waals surface area contributed by atoms with Crippen molar-refractivity contribution in [2.75, 3.05) is 13.2 Å². The zero-order chi connectivity index (χ0) is 28.4. The second kappa shape index (κ2) is 11.8. The second-order valence-electron chi connectivity index (χ2n) is 13.5. The smallest absolute Gasteiger partial charge is 0.244 e. The van der Waals surface area contributed by atoms with Crippen LogP contribution in [0.5, 0.6) is 0 Å². The summed E-state index contributed by atoms with van der Waals surface area (Å²) < 4.78 is -0.566. The number of benzene rings is 1. The molecule has 216 valence electrons. The van der Waals surface area contributed by atoms with Gasteiger partial charge in [0.1, 0.15) is 6.04 Å². The molecule has 1 spiro atoms. The number of unbranched alkanes of at least 4 members (excludes halogenated alkanes) is 3. The molecule has 3 N–H and O–H groups in total. The summed E-state index contributed by atoms with van der Waals surface area (Å²) in [5.41, 5.74) is 0.642. The SMILES string of the molecule is CC(C)(C)CC(C)(C)NC(=O)C1N(CCCCCCO)C(=O)[C@@H]2[C@H](C(=O)NCc3ccccc3)[C@@H]3CCC12S3. The van der Waals surface area contributed by atoms with E-state index >= 15 is 0 Å². The maximum Gasteiger partial charge on any atom is 0.244 e. The molecule has 3 aliphatic rings. The van der Waals surface area contributed by atoms with Crippen molar-refractivity contribution in [2.24, 2.45) is 17.3 Å². The van der Waals surface area contributed by atoms with E-state index in [9.17, 15) is 14.4 Å². The fourth-order valence-corrected chi connectivity index (χ4v) is 9.64. The van der Waals surface area contributed by atoms with Crippen molar-refractivity contribution in [2.45, 2.75) is 108 Å². The molecule has 3 saturated heterocycles. The van der Waals surface area contributed by atoms with Gasteiger partial charge in [-0.25, -0.2) is 0 Å². The Balaban J connectivity index is 1.57. The average molecular weight is 558 g/mol. The first-order valence-corrected chi connectivity index (χ1v) is 15.5. The van der Waals surface area contributed by atoms with E-state index in [4.69, 9.17) is 5.11 Å². The minimum Gasteiger partial charge on any atom is -0.396 e. The van der Waals surface area contributed by atoms with Crippen LogP contribution >= 0.6 is 11.8 Å². The highest BCUT2D eigenvalue weighted by atomic mass is 32.2. The quantitative estimate of drug-likeness (QED) is 0.333. The van der Waals surface area contributed by atoms with E-state index in [2.05, 4.69) is 45.3 Å². The minimum atomic E-state index is -0.575. The summed E-state index contributed by atoms with van der Waals surface area (Å²) in [6.45, 7) is 11.7. The van der Waals surface area contributed by atoms with Gasteiger partial charge in [-0.05, 0) is 56.9 Å². The van der Waals surface area contributed by atoms with Crippen LogP contribution < -0.4 is 10.6 Å². The van der Waals surface area contributed by atoms with Gasteiger partial charge < -0.3 is 20.6 Å². The summed E-state index contributed by atoms with van der Waals surface area (Å²) in [5, 5.41) is 15.6. The summed E-state index contributed by atoms with van der Waals surface area (Å²) in [6, 6.07) is 9.24. The third kappa shape index (κ3) is 6.48. The van der Waals surface area contributed by atoms with Crippen molar-refractivity contribution in [3.8, 4) is 0 Å². The number of nitrogens with one attached hydrogen (secondary N) is 2. The van der Waals surface area contributed by atoms with E-state index in [1.165, 1.54) is 0 Å². The first-order chi connectivity index (χ1) is 18.4. The lowest BCUT2D eigenvalue weighted by Crippen LogP contribution is -2.58. The van der Waals surface area contributed by atoms with Crippen LogP contribution in [0.25, 0.3) is 0 Å². The van der Waals surface area contributed by atoms with Crippen molar-refractivity contribution >= 4 is 29.5 Å². The number of amides is 3. The molecule has 1 aromatic rings. The molecule has 1 aromatic carbocycles. The Morgan fingerprint density at radius 3 is 2.41 bits per heavy atom. The lowest BCUT2D eigenvalue weighted by Gasteiger charge is -2.39. The van der Waals surface area contributed by atoms with Gasteiger partial charge in [-0.15, -0.1) is 11.8 Å². The molecule has 4 rings (SSSR count). The molecule has 2 unspecified atom stereocenters. The summed E-state index contributed by atoms with van der Waals surface area (Å²) >= 11 is 1.72. The highest BCUT2D eigenvalue weighted by molar-refractivity contribution is 8.02. The molecule has 7 nitrogen and oxygen atoms in total. The fourth-order valence-electron chi connectivity index (χ4n) is 7.42. The Bertz CT molecular complexity index is 1040. The topological polar surface area (TPSA) is 98.7 Å². The predicted octanol–water partition coefficient (Wildman–Crippen LogP) is 4.28. The molecular weight excluding hydrogens is 510 g/mol. The molecule has 3 aliphatic heterocycles. The fraction of sp³-hybridized carbons (Fsp3) is 0.710. The summed E-state index contributed by atoms with van der Waals surface area (Å²) in [4.78, 5) is 43.6. The molecule has 0 aromatic heterocycles. The van der Waals surface area contributed by atoms with E-state index in [1.807, 2.05) is 30.3 Å². The van der Waals surface area contributed by atoms with Gasteiger partial charge in [0.2, 0.25) is 17.7 Å². The van der Waals surface area contributed by atoms with Crippen molar-refractivity contribution in [3.05, 3.63) is 35.9 Å². The Labute approximate surface area is 238 Å². The Hall–Kier alpha value is -2.06. The average Bonchev–Trinajstić information content (AvgIpc) is 3.48. The number of rotatable bonds is 12. The molecule has 5 atom stereocenters. The molecule has 0 aliphatic carbocycles. The molecule has 3 fully saturated rings. The lowest BCUT2D eigenvalue weighted by molar-refractivity contribution is -0.140. The standard InChI is InChI=1S/C31H47N3O4S/c1-29(2,3)20-30(4,5)33-27(37)25-31-16-15-22(39-31)23(26(36)32-19-21-13-9-8-10-14-21)24(31)28(38)34(25)17-11-6-7-12-18-35/h8-10,13-14,22-25,35H,6-7,11-12,15-20H2,1-5H3,(H,32,36)(H,33,37)/t22-,23+,24-,25?,31?/m0/s1. The number of fused-ring (bicyclic) bond motifs is 1. The number of thioether (sulfide) groups is 1. The monoisotopic (exact) mass is 557 g/mol. The van der Waals surface area contributed by atoms with E-state index in [0.29, 0.717) is 13.1 Å². The third-order valence-electron chi connectivity index (χ3n) is 8.40. The van der Waals surface area contributed by atoms with Crippen molar-refractivity contribution in [3.63, 3.8) is 0 Å². The number of likely N-dealkylation sites (tertiary alicyclic amines) is 1. The summed E-state index contributed by atoms with van der Waals surface area (Å²) in [7, 11) is 0. The third-order valence-corrected chi connectivity index (χ3v) is 10.4. The largest absolute Gasteiger partial charge is 0.396 e. The molecule has 39 heavy (non-hydrogen) atoms. The molecule has 3 amide bonds. The number of carbonyl (C=O) groups is 3. The molecule has 2 bridgehead atoms. The molecule has 3 heterocycles. The van der Waals surface area contributed by atoms with E-state index in [0.717, 1.165) is 50.5 Å². The van der Waals surface area contributed by atoms with E-state index in [1.54, 1.807) is 16.7 Å². The zero-order valence-electron chi connectivity index (χ0n) is 24.3. The van der Waals surface area contributed by atoms with Gasteiger partial charge in [0.05, 0.1) is 16.6 Å². The lowest BCUT2D eigenvalue weighted by atomic mass is 9.70. The van der Waals surface area contributed by atoms with Gasteiger partial charge in [-0.2, -0.15) is 0 Å². The van der Waals surface area contributed by atoms with Crippen LogP contribution in [0.2, 0.25) is 0 Å². The van der Waals surface area contributed by atoms with Crippen LogP contribution in [-0.2, 0) is 20.9 Å². The van der Waals surface area contributed by atoms with Gasteiger partial charge in [0.25, 0.3) is 0 Å². The first kappa shape index (κ1) is 29.9. The van der Waals surface area contributed by atoms with Crippen molar-refractivity contribution < 1.29 is 19.5 Å². The van der Waals surface area contributed by atoms with E-state index in [-0.39, 0.29) is 35.0 Å². The van der Waals surface area contributed by atoms with E-state index < -0.39 is 28.2 Å². The van der Waals surface area contributed by atoms with Crippen LogP contribution in [0.4, 0.5) is 0 Å². The zero-order valence-corrected chi connectivity index (χ0v) is 25.1. The predicted molar refractivity (Wildman–Crippen MR) is 156 cm³/mol. The summed E-state index contributed by atoms with van der Waals surface area (Å²) in [6.07, 6.45) is 5.74. The number of nitrogens with zero attached hydrogens (tertiary/aromatic N) is 1. The highest BCUT2D eigenvalue weighted by Gasteiger charge is 2.73. The normalized spacial score (nSPS) is 28.1. The maximum absolute atomic E-state index is 14.1. The van der Waals surface area contributed by atoms with Gasteiger partial charge >= 0.3 is 0 Å². The van der Waals surface area contributed by atoms with Crippen LogP contribution in [0.3, 0.4) is 0 Å². The van der Waals surface area contributed by atoms with Gasteiger partial charge in [-0.1, -0.05) is 63.9 Å². The number of hydrogen-bond acceptors (Lipinski definition) is 5. The Morgan fingerprint density at radius 2 is 1.74 bits per heavy atom. The highest BCUT2D eigenvalue weighted by Crippen LogP contribution is 2.66. The second-order valence-corrected chi connectivity index (χ2v) is 15.1. The number of aliphatic hydroxyl groups excluding tert-OH is 1. The van der Waals surface area contributed by atoms with Crippen molar-refractivity contribution in [1.82, 2.24) is 15.5 Å².